The van der Waals surface area contributed by atoms with Crippen LogP contribution in [0.5, 0.6) is 0 Å². The van der Waals surface area contributed by atoms with Crippen LogP contribution in [0.3, 0.4) is 0 Å². The quantitative estimate of drug-likeness (QED) is 0.577. The summed E-state index contributed by atoms with van der Waals surface area (Å²) in [6, 6.07) is 0. The van der Waals surface area contributed by atoms with Crippen LogP contribution in [0.15, 0.2) is 0 Å². The summed E-state index contributed by atoms with van der Waals surface area (Å²) >= 11 is 0. The lowest BCUT2D eigenvalue weighted by atomic mass is 10.1. The fourth-order valence-corrected chi connectivity index (χ4v) is 1.70. The van der Waals surface area contributed by atoms with E-state index in [0.717, 1.165) is 13.0 Å². The highest BCUT2D eigenvalue weighted by Crippen LogP contribution is 2.26. The number of methoxy groups -OCH3 is 1. The van der Waals surface area contributed by atoms with Crippen molar-refractivity contribution in [2.45, 2.75) is 38.5 Å². The highest BCUT2D eigenvalue weighted by molar-refractivity contribution is 5.10. The lowest BCUT2D eigenvalue weighted by molar-refractivity contribution is -0.0366. The van der Waals surface area contributed by atoms with Crippen molar-refractivity contribution in [2.75, 3.05) is 13.7 Å². The second kappa shape index (κ2) is 3.47. The van der Waals surface area contributed by atoms with Crippen LogP contribution in [0.2, 0.25) is 0 Å². The largest absolute Gasteiger partial charge is 0.366 e. The Balaban J connectivity index is 2.68. The Morgan fingerprint density at radius 2 is 2.25 bits per heavy atom. The minimum atomic E-state index is -0.169. The maximum absolute atomic E-state index is 5.46. The fraction of sp³-hybridized carbons (Fsp3) is 0.800. The molecule has 1 saturated heterocycles. The molecule has 0 radical (unpaired) electrons. The van der Waals surface area contributed by atoms with E-state index in [9.17, 15) is 0 Å². The van der Waals surface area contributed by atoms with E-state index in [0.29, 0.717) is 0 Å². The third kappa shape index (κ3) is 1.63. The second-order valence-corrected chi connectivity index (χ2v) is 3.73. The third-order valence-electron chi connectivity index (χ3n) is 2.54. The van der Waals surface area contributed by atoms with Crippen molar-refractivity contribution in [3.8, 4) is 12.3 Å². The molecule has 68 valence electrons. The van der Waals surface area contributed by atoms with Crippen molar-refractivity contribution in [1.29, 1.82) is 0 Å². The Hall–Kier alpha value is -0.520. The number of hydrogen-bond donors (Lipinski definition) is 0. The first kappa shape index (κ1) is 9.57. The van der Waals surface area contributed by atoms with Crippen molar-refractivity contribution in [3.05, 3.63) is 0 Å². The second-order valence-electron chi connectivity index (χ2n) is 3.73. The number of likely N-dealkylation sites (tertiary alicyclic amines) is 1. The van der Waals surface area contributed by atoms with Crippen LogP contribution >= 0.6 is 0 Å². The molecule has 1 atom stereocenters. The smallest absolute Gasteiger partial charge is 0.111 e. The van der Waals surface area contributed by atoms with E-state index < -0.39 is 0 Å². The Morgan fingerprint density at radius 1 is 1.58 bits per heavy atom. The number of rotatable bonds is 2. The van der Waals surface area contributed by atoms with Crippen LogP contribution < -0.4 is 0 Å². The van der Waals surface area contributed by atoms with Gasteiger partial charge in [-0.1, -0.05) is 5.92 Å². The summed E-state index contributed by atoms with van der Waals surface area (Å²) in [4.78, 5) is 2.24. The van der Waals surface area contributed by atoms with Crippen LogP contribution in [0.25, 0.3) is 0 Å². The molecule has 0 saturated carbocycles. The summed E-state index contributed by atoms with van der Waals surface area (Å²) in [7, 11) is 1.75. The average molecular weight is 167 g/mol. The molecular formula is C10H17NO. The molecule has 2 nitrogen and oxygen atoms in total. The van der Waals surface area contributed by atoms with Crippen LogP contribution in [0.4, 0.5) is 0 Å². The van der Waals surface area contributed by atoms with Crippen molar-refractivity contribution >= 4 is 0 Å². The first-order valence-electron chi connectivity index (χ1n) is 4.39. The molecule has 0 bridgehead atoms. The molecule has 0 aliphatic carbocycles. The normalized spacial score (nSPS) is 25.7. The predicted octanol–water partition coefficient (Wildman–Crippen LogP) is 1.47. The standard InChI is InChI=1S/C10H17NO/c1-5-10(2,3)11-8-6-7-9(11)12-4/h1,9H,6-8H2,2-4H3/t9-/m1/s1. The molecule has 0 aromatic rings. The van der Waals surface area contributed by atoms with Gasteiger partial charge in [-0.15, -0.1) is 6.42 Å². The molecule has 0 amide bonds. The van der Waals surface area contributed by atoms with Gasteiger partial charge in [-0.3, -0.25) is 4.90 Å². The molecular weight excluding hydrogens is 150 g/mol. The van der Waals surface area contributed by atoms with Gasteiger partial charge in [0.1, 0.15) is 6.23 Å². The first-order valence-corrected chi connectivity index (χ1v) is 4.39. The number of terminal acetylenes is 1. The zero-order chi connectivity index (χ0) is 9.19. The van der Waals surface area contributed by atoms with E-state index in [2.05, 4.69) is 24.7 Å². The third-order valence-corrected chi connectivity index (χ3v) is 2.54. The maximum atomic E-state index is 5.46. The molecule has 1 aliphatic rings. The van der Waals surface area contributed by atoms with Gasteiger partial charge in [0.15, 0.2) is 0 Å². The van der Waals surface area contributed by atoms with E-state index in [1.807, 2.05) is 0 Å². The van der Waals surface area contributed by atoms with E-state index in [1.165, 1.54) is 6.42 Å². The summed E-state index contributed by atoms with van der Waals surface area (Å²) < 4.78 is 5.34. The van der Waals surface area contributed by atoms with E-state index >= 15 is 0 Å². The van der Waals surface area contributed by atoms with Gasteiger partial charge in [-0.25, -0.2) is 0 Å². The van der Waals surface area contributed by atoms with Crippen molar-refractivity contribution in [1.82, 2.24) is 4.90 Å². The molecule has 1 fully saturated rings. The summed E-state index contributed by atoms with van der Waals surface area (Å²) in [5.41, 5.74) is -0.169. The van der Waals surface area contributed by atoms with Gasteiger partial charge in [-0.05, 0) is 26.7 Å². The minimum Gasteiger partial charge on any atom is -0.366 e. The summed E-state index contributed by atoms with van der Waals surface area (Å²) in [6.07, 6.45) is 7.96. The molecule has 1 aliphatic heterocycles. The van der Waals surface area contributed by atoms with Gasteiger partial charge in [-0.2, -0.15) is 0 Å². The monoisotopic (exact) mass is 167 g/mol. The SMILES string of the molecule is C#CC(C)(C)N1CCC[C@H]1OC. The molecule has 1 rings (SSSR count). The minimum absolute atomic E-state index is 0.169. The maximum Gasteiger partial charge on any atom is 0.111 e. The van der Waals surface area contributed by atoms with Gasteiger partial charge in [0, 0.05) is 13.7 Å². The molecule has 0 aromatic heterocycles. The van der Waals surface area contributed by atoms with Gasteiger partial charge < -0.3 is 4.74 Å². The van der Waals surface area contributed by atoms with Crippen LogP contribution in [0.1, 0.15) is 26.7 Å². The zero-order valence-electron chi connectivity index (χ0n) is 8.13. The van der Waals surface area contributed by atoms with Crippen molar-refractivity contribution in [2.24, 2.45) is 0 Å². The molecule has 0 N–H and O–H groups in total. The van der Waals surface area contributed by atoms with Gasteiger partial charge in [0.2, 0.25) is 0 Å². The van der Waals surface area contributed by atoms with E-state index in [4.69, 9.17) is 11.2 Å². The Bertz CT molecular complexity index is 193. The van der Waals surface area contributed by atoms with Crippen molar-refractivity contribution < 1.29 is 4.74 Å². The Morgan fingerprint density at radius 3 is 2.75 bits per heavy atom. The highest BCUT2D eigenvalue weighted by atomic mass is 16.5. The van der Waals surface area contributed by atoms with Gasteiger partial charge in [0.25, 0.3) is 0 Å². The summed E-state index contributed by atoms with van der Waals surface area (Å²) in [5, 5.41) is 0. The number of nitrogens with zero attached hydrogens (tertiary/aromatic N) is 1. The van der Waals surface area contributed by atoms with Crippen LogP contribution in [-0.2, 0) is 4.74 Å². The lowest BCUT2D eigenvalue weighted by Crippen LogP contribution is -2.46. The number of ether oxygens (including phenoxy) is 1. The van der Waals surface area contributed by atoms with Crippen LogP contribution in [0, 0.1) is 12.3 Å². The lowest BCUT2D eigenvalue weighted by Gasteiger charge is -2.34. The predicted molar refractivity (Wildman–Crippen MR) is 49.6 cm³/mol. The number of hydrogen-bond acceptors (Lipinski definition) is 2. The van der Waals surface area contributed by atoms with Crippen molar-refractivity contribution in [3.63, 3.8) is 0 Å². The topological polar surface area (TPSA) is 12.5 Å². The Kier molecular flexibility index (Phi) is 2.76. The average Bonchev–Trinajstić information content (AvgIpc) is 2.52. The summed E-state index contributed by atoms with van der Waals surface area (Å²) in [5.74, 6) is 2.79. The van der Waals surface area contributed by atoms with Crippen LogP contribution in [-0.4, -0.2) is 30.3 Å². The fourth-order valence-electron chi connectivity index (χ4n) is 1.70. The first-order chi connectivity index (χ1) is 5.61. The molecule has 12 heavy (non-hydrogen) atoms. The van der Waals surface area contributed by atoms with Gasteiger partial charge in [0.05, 0.1) is 5.54 Å². The van der Waals surface area contributed by atoms with Gasteiger partial charge >= 0.3 is 0 Å². The zero-order valence-corrected chi connectivity index (χ0v) is 8.13. The molecule has 0 unspecified atom stereocenters. The molecule has 1 heterocycles. The Labute approximate surface area is 74.9 Å². The molecule has 0 aromatic carbocycles. The van der Waals surface area contributed by atoms with E-state index in [-0.39, 0.29) is 11.8 Å². The highest BCUT2D eigenvalue weighted by Gasteiger charge is 2.34. The molecule has 2 heteroatoms. The van der Waals surface area contributed by atoms with E-state index in [1.54, 1.807) is 7.11 Å². The summed E-state index contributed by atoms with van der Waals surface area (Å²) in [6.45, 7) is 5.17. The molecule has 0 spiro atoms.